The summed E-state index contributed by atoms with van der Waals surface area (Å²) in [7, 11) is 1.49. The van der Waals surface area contributed by atoms with Gasteiger partial charge in [0.15, 0.2) is 0 Å². The van der Waals surface area contributed by atoms with E-state index in [0.717, 1.165) is 5.56 Å². The standard InChI is InChI=1S/C23H20N8O4/c1-14(12-31-13-27-29-30-31)35-21-8-15(3-4-17(21)9-24)18-10-25-23(26-11-18)28-19-7-16(22(32)33)5-6-20(19)34-2/h3-8,10-11,13-14H,12H2,1-2H3,(H,32,33)(H,25,26,28). The van der Waals surface area contributed by atoms with Gasteiger partial charge in [0, 0.05) is 18.0 Å². The molecule has 0 aliphatic rings. The van der Waals surface area contributed by atoms with Gasteiger partial charge in [-0.2, -0.15) is 5.26 Å². The number of anilines is 2. The molecule has 2 aromatic carbocycles. The summed E-state index contributed by atoms with van der Waals surface area (Å²) in [5.41, 5.74) is 2.37. The number of rotatable bonds is 9. The summed E-state index contributed by atoms with van der Waals surface area (Å²) >= 11 is 0. The predicted octanol–water partition coefficient (Wildman–Crippen LogP) is 2.92. The Kier molecular flexibility index (Phi) is 6.78. The molecule has 0 radical (unpaired) electrons. The Hall–Kier alpha value is -5.05. The van der Waals surface area contributed by atoms with E-state index in [9.17, 15) is 15.2 Å². The monoisotopic (exact) mass is 472 g/mol. The van der Waals surface area contributed by atoms with Crippen molar-refractivity contribution in [3.63, 3.8) is 0 Å². The fourth-order valence-corrected chi connectivity index (χ4v) is 3.27. The number of hydrogen-bond acceptors (Lipinski definition) is 10. The Balaban J connectivity index is 1.53. The van der Waals surface area contributed by atoms with Crippen LogP contribution < -0.4 is 14.8 Å². The number of hydrogen-bond donors (Lipinski definition) is 2. The van der Waals surface area contributed by atoms with Gasteiger partial charge in [0.25, 0.3) is 0 Å². The summed E-state index contributed by atoms with van der Waals surface area (Å²) in [6.45, 7) is 2.27. The van der Waals surface area contributed by atoms with E-state index in [2.05, 4.69) is 36.9 Å². The molecule has 12 heteroatoms. The Morgan fingerprint density at radius 1 is 1.17 bits per heavy atom. The fourth-order valence-electron chi connectivity index (χ4n) is 3.27. The highest BCUT2D eigenvalue weighted by Crippen LogP contribution is 2.30. The quantitative estimate of drug-likeness (QED) is 0.368. The Labute approximate surface area is 199 Å². The number of carboxylic acid groups (broad SMARTS) is 1. The lowest BCUT2D eigenvalue weighted by atomic mass is 10.1. The first-order valence-corrected chi connectivity index (χ1v) is 10.4. The third-order valence-corrected chi connectivity index (χ3v) is 4.94. The molecular formula is C23H20N8O4. The molecule has 4 aromatic rings. The summed E-state index contributed by atoms with van der Waals surface area (Å²) in [6, 6.07) is 11.8. The van der Waals surface area contributed by atoms with Crippen molar-refractivity contribution in [3.05, 3.63) is 66.2 Å². The van der Waals surface area contributed by atoms with E-state index >= 15 is 0 Å². The van der Waals surface area contributed by atoms with Gasteiger partial charge in [-0.25, -0.2) is 19.4 Å². The zero-order valence-corrected chi connectivity index (χ0v) is 18.8. The number of nitriles is 1. The van der Waals surface area contributed by atoms with Gasteiger partial charge in [-0.1, -0.05) is 6.07 Å². The maximum Gasteiger partial charge on any atom is 0.335 e. The van der Waals surface area contributed by atoms with Crippen LogP contribution in [0, 0.1) is 11.3 Å². The minimum Gasteiger partial charge on any atom is -0.495 e. The molecule has 0 saturated heterocycles. The summed E-state index contributed by atoms with van der Waals surface area (Å²) in [5.74, 6) is 0.0724. The van der Waals surface area contributed by atoms with E-state index in [1.807, 2.05) is 6.92 Å². The molecule has 35 heavy (non-hydrogen) atoms. The maximum absolute atomic E-state index is 11.3. The molecule has 2 N–H and O–H groups in total. The first-order valence-electron chi connectivity index (χ1n) is 10.4. The normalized spacial score (nSPS) is 11.3. The molecule has 0 amide bonds. The number of nitrogens with one attached hydrogen (secondary N) is 1. The van der Waals surface area contributed by atoms with Crippen molar-refractivity contribution < 1.29 is 19.4 Å². The van der Waals surface area contributed by atoms with Crippen LogP contribution in [0.25, 0.3) is 11.1 Å². The molecule has 2 heterocycles. The molecule has 0 bridgehead atoms. The number of carbonyl (C=O) groups is 1. The van der Waals surface area contributed by atoms with Gasteiger partial charge in [-0.05, 0) is 53.2 Å². The average Bonchev–Trinajstić information content (AvgIpc) is 3.37. The van der Waals surface area contributed by atoms with Crippen LogP contribution in [0.3, 0.4) is 0 Å². The van der Waals surface area contributed by atoms with Gasteiger partial charge in [-0.15, -0.1) is 5.10 Å². The van der Waals surface area contributed by atoms with Gasteiger partial charge >= 0.3 is 5.97 Å². The van der Waals surface area contributed by atoms with Crippen LogP contribution in [0.15, 0.2) is 55.1 Å². The van der Waals surface area contributed by atoms with Crippen LogP contribution >= 0.6 is 0 Å². The second-order valence-corrected chi connectivity index (χ2v) is 7.42. The lowest BCUT2D eigenvalue weighted by Crippen LogP contribution is -2.20. The molecule has 0 aliphatic carbocycles. The van der Waals surface area contributed by atoms with Crippen LogP contribution in [0.2, 0.25) is 0 Å². The number of methoxy groups -OCH3 is 1. The average molecular weight is 472 g/mol. The molecule has 0 fully saturated rings. The highest BCUT2D eigenvalue weighted by atomic mass is 16.5. The van der Waals surface area contributed by atoms with Gasteiger partial charge in [-0.3, -0.25) is 0 Å². The van der Waals surface area contributed by atoms with E-state index in [-0.39, 0.29) is 17.6 Å². The minimum atomic E-state index is -1.06. The molecule has 0 saturated carbocycles. The summed E-state index contributed by atoms with van der Waals surface area (Å²) in [5, 5.41) is 32.7. The van der Waals surface area contributed by atoms with Crippen molar-refractivity contribution in [2.24, 2.45) is 0 Å². The number of aromatic nitrogens is 6. The molecule has 1 atom stereocenters. The number of benzene rings is 2. The summed E-state index contributed by atoms with van der Waals surface area (Å²) < 4.78 is 12.8. The second kappa shape index (κ2) is 10.3. The zero-order chi connectivity index (χ0) is 24.8. The minimum absolute atomic E-state index is 0.101. The lowest BCUT2D eigenvalue weighted by Gasteiger charge is -2.16. The molecule has 0 aliphatic heterocycles. The second-order valence-electron chi connectivity index (χ2n) is 7.42. The lowest BCUT2D eigenvalue weighted by molar-refractivity contribution is 0.0697. The van der Waals surface area contributed by atoms with E-state index in [0.29, 0.717) is 34.9 Å². The fraction of sp³-hybridized carbons (Fsp3) is 0.174. The van der Waals surface area contributed by atoms with Gasteiger partial charge < -0.3 is 19.9 Å². The van der Waals surface area contributed by atoms with Crippen molar-refractivity contribution >= 4 is 17.6 Å². The van der Waals surface area contributed by atoms with Gasteiger partial charge in [0.05, 0.1) is 30.5 Å². The third kappa shape index (κ3) is 5.48. The van der Waals surface area contributed by atoms with E-state index in [4.69, 9.17) is 9.47 Å². The molecule has 1 unspecified atom stereocenters. The van der Waals surface area contributed by atoms with Crippen molar-refractivity contribution in [1.82, 2.24) is 30.2 Å². The number of tetrazole rings is 1. The molecule has 2 aromatic heterocycles. The first kappa shape index (κ1) is 23.1. The molecular weight excluding hydrogens is 452 g/mol. The highest BCUT2D eigenvalue weighted by Gasteiger charge is 2.13. The number of aromatic carboxylic acids is 1. The summed E-state index contributed by atoms with van der Waals surface area (Å²) in [4.78, 5) is 19.9. The smallest absolute Gasteiger partial charge is 0.335 e. The molecule has 0 spiro atoms. The number of ether oxygens (including phenoxy) is 2. The zero-order valence-electron chi connectivity index (χ0n) is 18.8. The van der Waals surface area contributed by atoms with Crippen molar-refractivity contribution in [3.8, 4) is 28.7 Å². The van der Waals surface area contributed by atoms with Crippen molar-refractivity contribution in [2.45, 2.75) is 19.6 Å². The Morgan fingerprint density at radius 3 is 2.63 bits per heavy atom. The van der Waals surface area contributed by atoms with Crippen LogP contribution in [-0.4, -0.2) is 54.5 Å². The SMILES string of the molecule is COc1ccc(C(=O)O)cc1Nc1ncc(-c2ccc(C#N)c(OC(C)Cn3cnnn3)c2)cn1. The molecule has 12 nitrogen and oxygen atoms in total. The maximum atomic E-state index is 11.3. The van der Waals surface area contributed by atoms with Crippen LogP contribution in [0.4, 0.5) is 11.6 Å². The van der Waals surface area contributed by atoms with E-state index in [1.54, 1.807) is 41.3 Å². The van der Waals surface area contributed by atoms with Crippen LogP contribution in [0.5, 0.6) is 11.5 Å². The van der Waals surface area contributed by atoms with E-state index < -0.39 is 5.97 Å². The summed E-state index contributed by atoms with van der Waals surface area (Å²) in [6.07, 6.45) is 4.42. The highest BCUT2D eigenvalue weighted by molar-refractivity contribution is 5.90. The Bertz CT molecular complexity index is 1370. The topological polar surface area (TPSA) is 161 Å². The molecule has 4 rings (SSSR count). The van der Waals surface area contributed by atoms with Crippen molar-refractivity contribution in [2.75, 3.05) is 12.4 Å². The number of nitrogens with zero attached hydrogens (tertiary/aromatic N) is 7. The largest absolute Gasteiger partial charge is 0.495 e. The van der Waals surface area contributed by atoms with Crippen LogP contribution in [-0.2, 0) is 6.54 Å². The molecule has 176 valence electrons. The number of carboxylic acids is 1. The van der Waals surface area contributed by atoms with Crippen LogP contribution in [0.1, 0.15) is 22.8 Å². The predicted molar refractivity (Wildman–Crippen MR) is 123 cm³/mol. The van der Waals surface area contributed by atoms with Gasteiger partial charge in [0.2, 0.25) is 5.95 Å². The first-order chi connectivity index (χ1) is 17.0. The third-order valence-electron chi connectivity index (χ3n) is 4.94. The van der Waals surface area contributed by atoms with Gasteiger partial charge in [0.1, 0.15) is 30.0 Å². The van der Waals surface area contributed by atoms with Crippen molar-refractivity contribution in [1.29, 1.82) is 5.26 Å². The van der Waals surface area contributed by atoms with E-state index in [1.165, 1.54) is 25.6 Å². The Morgan fingerprint density at radius 2 is 1.97 bits per heavy atom.